The Labute approximate surface area is 115 Å². The van der Waals surface area contributed by atoms with Crippen LogP contribution in [0.15, 0.2) is 18.3 Å². The minimum Gasteiger partial charge on any atom is -0.481 e. The van der Waals surface area contributed by atoms with Crippen molar-refractivity contribution in [3.05, 3.63) is 23.9 Å². The zero-order valence-corrected chi connectivity index (χ0v) is 11.3. The standard InChI is InChI=1S/C13H16N2O5/c1-13(12(17)18)7-20-6-9(13)15-11(16)8-3-4-10(19-2)14-5-8/h3-5,9H,6-7H2,1-2H3,(H,15,16)(H,17,18). The summed E-state index contributed by atoms with van der Waals surface area (Å²) in [6.45, 7) is 1.81. The Morgan fingerprint density at radius 1 is 1.55 bits per heavy atom. The number of ether oxygens (including phenoxy) is 2. The topological polar surface area (TPSA) is 97.8 Å². The molecular weight excluding hydrogens is 264 g/mol. The molecule has 0 aliphatic carbocycles. The highest BCUT2D eigenvalue weighted by molar-refractivity contribution is 5.94. The van der Waals surface area contributed by atoms with Crippen LogP contribution in [0.1, 0.15) is 17.3 Å². The quantitative estimate of drug-likeness (QED) is 0.823. The molecule has 2 rings (SSSR count). The minimum absolute atomic E-state index is 0.0775. The number of aromatic nitrogens is 1. The van der Waals surface area contributed by atoms with Gasteiger partial charge in [0.2, 0.25) is 5.88 Å². The van der Waals surface area contributed by atoms with Gasteiger partial charge in [-0.25, -0.2) is 4.98 Å². The van der Waals surface area contributed by atoms with Gasteiger partial charge in [-0.15, -0.1) is 0 Å². The summed E-state index contributed by atoms with van der Waals surface area (Å²) in [6.07, 6.45) is 1.38. The molecular formula is C13H16N2O5. The van der Waals surface area contributed by atoms with Gasteiger partial charge in [-0.05, 0) is 13.0 Å². The fourth-order valence-electron chi connectivity index (χ4n) is 1.96. The van der Waals surface area contributed by atoms with E-state index >= 15 is 0 Å². The summed E-state index contributed by atoms with van der Waals surface area (Å²) in [4.78, 5) is 27.3. The average Bonchev–Trinajstić information content (AvgIpc) is 2.81. The first-order valence-corrected chi connectivity index (χ1v) is 6.09. The lowest BCUT2D eigenvalue weighted by Crippen LogP contribution is -2.49. The zero-order valence-electron chi connectivity index (χ0n) is 11.3. The van der Waals surface area contributed by atoms with Crippen LogP contribution in [0.25, 0.3) is 0 Å². The van der Waals surface area contributed by atoms with Gasteiger partial charge in [-0.1, -0.05) is 0 Å². The summed E-state index contributed by atoms with van der Waals surface area (Å²) >= 11 is 0. The summed E-state index contributed by atoms with van der Waals surface area (Å²) in [6, 6.07) is 2.56. The number of rotatable bonds is 4. The van der Waals surface area contributed by atoms with E-state index in [9.17, 15) is 14.7 Å². The molecule has 0 saturated carbocycles. The zero-order chi connectivity index (χ0) is 14.8. The first-order valence-electron chi connectivity index (χ1n) is 6.09. The summed E-state index contributed by atoms with van der Waals surface area (Å²) in [5.74, 6) is -0.975. The van der Waals surface area contributed by atoms with E-state index in [1.54, 1.807) is 19.1 Å². The Kier molecular flexibility index (Phi) is 3.89. The monoisotopic (exact) mass is 280 g/mol. The molecule has 0 aromatic carbocycles. The second kappa shape index (κ2) is 5.46. The minimum atomic E-state index is -1.12. The predicted octanol–water partition coefficient (Wildman–Crippen LogP) is 0.310. The van der Waals surface area contributed by atoms with Gasteiger partial charge in [0.05, 0.1) is 31.9 Å². The summed E-state index contributed by atoms with van der Waals surface area (Å²) in [5.41, 5.74) is -0.777. The number of amides is 1. The maximum atomic E-state index is 12.1. The fourth-order valence-corrected chi connectivity index (χ4v) is 1.96. The molecule has 1 aromatic rings. The Hall–Kier alpha value is -2.15. The van der Waals surface area contributed by atoms with Gasteiger partial charge in [0, 0.05) is 12.3 Å². The van der Waals surface area contributed by atoms with Crippen LogP contribution in [-0.4, -0.2) is 48.3 Å². The van der Waals surface area contributed by atoms with Crippen molar-refractivity contribution in [1.29, 1.82) is 0 Å². The maximum Gasteiger partial charge on any atom is 0.313 e. The number of hydrogen-bond acceptors (Lipinski definition) is 5. The Morgan fingerprint density at radius 3 is 2.85 bits per heavy atom. The third-order valence-corrected chi connectivity index (χ3v) is 3.46. The molecule has 1 fully saturated rings. The molecule has 1 amide bonds. The molecule has 20 heavy (non-hydrogen) atoms. The second-order valence-corrected chi connectivity index (χ2v) is 4.85. The van der Waals surface area contributed by atoms with Crippen LogP contribution in [0.3, 0.4) is 0 Å². The van der Waals surface area contributed by atoms with Crippen molar-refractivity contribution < 1.29 is 24.2 Å². The molecule has 2 N–H and O–H groups in total. The molecule has 1 aliphatic heterocycles. The van der Waals surface area contributed by atoms with Gasteiger partial charge in [-0.3, -0.25) is 9.59 Å². The molecule has 2 atom stereocenters. The molecule has 0 radical (unpaired) electrons. The fraction of sp³-hybridized carbons (Fsp3) is 0.462. The predicted molar refractivity (Wildman–Crippen MR) is 68.6 cm³/mol. The molecule has 2 heterocycles. The van der Waals surface area contributed by atoms with E-state index in [-0.39, 0.29) is 19.1 Å². The molecule has 1 saturated heterocycles. The number of aliphatic carboxylic acids is 1. The number of carboxylic acid groups (broad SMARTS) is 1. The molecule has 7 nitrogen and oxygen atoms in total. The van der Waals surface area contributed by atoms with Crippen LogP contribution >= 0.6 is 0 Å². The largest absolute Gasteiger partial charge is 0.481 e. The highest BCUT2D eigenvalue weighted by atomic mass is 16.5. The normalized spacial score (nSPS) is 25.2. The number of pyridine rings is 1. The summed E-state index contributed by atoms with van der Waals surface area (Å²) in [5, 5.41) is 11.9. The molecule has 1 aromatic heterocycles. The molecule has 108 valence electrons. The van der Waals surface area contributed by atoms with Crippen molar-refractivity contribution in [2.75, 3.05) is 20.3 Å². The van der Waals surface area contributed by atoms with Crippen molar-refractivity contribution in [1.82, 2.24) is 10.3 Å². The third-order valence-electron chi connectivity index (χ3n) is 3.46. The molecule has 0 bridgehead atoms. The first-order chi connectivity index (χ1) is 9.47. The van der Waals surface area contributed by atoms with Gasteiger partial charge in [0.15, 0.2) is 0 Å². The van der Waals surface area contributed by atoms with E-state index < -0.39 is 17.4 Å². The number of hydrogen-bond donors (Lipinski definition) is 2. The van der Waals surface area contributed by atoms with E-state index in [1.807, 2.05) is 0 Å². The van der Waals surface area contributed by atoms with Crippen molar-refractivity contribution in [3.8, 4) is 5.88 Å². The van der Waals surface area contributed by atoms with E-state index in [0.29, 0.717) is 11.4 Å². The van der Waals surface area contributed by atoms with E-state index in [0.717, 1.165) is 0 Å². The van der Waals surface area contributed by atoms with Crippen molar-refractivity contribution >= 4 is 11.9 Å². The lowest BCUT2D eigenvalue weighted by molar-refractivity contribution is -0.148. The molecule has 0 spiro atoms. The van der Waals surface area contributed by atoms with Crippen LogP contribution in [-0.2, 0) is 9.53 Å². The maximum absolute atomic E-state index is 12.1. The number of nitrogens with zero attached hydrogens (tertiary/aromatic N) is 1. The van der Waals surface area contributed by atoms with Gasteiger partial charge in [0.1, 0.15) is 5.41 Å². The van der Waals surface area contributed by atoms with E-state index in [4.69, 9.17) is 9.47 Å². The van der Waals surface area contributed by atoms with E-state index in [2.05, 4.69) is 10.3 Å². The molecule has 2 unspecified atom stereocenters. The summed E-state index contributed by atoms with van der Waals surface area (Å²) in [7, 11) is 1.48. The lowest BCUT2D eigenvalue weighted by Gasteiger charge is -2.25. The van der Waals surface area contributed by atoms with Gasteiger partial charge < -0.3 is 19.9 Å². The number of carboxylic acids is 1. The molecule has 1 aliphatic rings. The number of carbonyl (C=O) groups excluding carboxylic acids is 1. The number of nitrogens with one attached hydrogen (secondary N) is 1. The van der Waals surface area contributed by atoms with Crippen LogP contribution in [0.2, 0.25) is 0 Å². The first kappa shape index (κ1) is 14.3. The number of carbonyl (C=O) groups is 2. The number of methoxy groups -OCH3 is 1. The SMILES string of the molecule is COc1ccc(C(=O)NC2COCC2(C)C(=O)O)cn1. The van der Waals surface area contributed by atoms with Crippen molar-refractivity contribution in [3.63, 3.8) is 0 Å². The lowest BCUT2D eigenvalue weighted by atomic mass is 9.85. The smallest absolute Gasteiger partial charge is 0.313 e. The highest BCUT2D eigenvalue weighted by Crippen LogP contribution is 2.28. The average molecular weight is 280 g/mol. The van der Waals surface area contributed by atoms with Crippen LogP contribution in [0.5, 0.6) is 5.88 Å². The molecule has 7 heteroatoms. The van der Waals surface area contributed by atoms with Gasteiger partial charge >= 0.3 is 5.97 Å². The highest BCUT2D eigenvalue weighted by Gasteiger charge is 2.47. The van der Waals surface area contributed by atoms with Crippen molar-refractivity contribution in [2.45, 2.75) is 13.0 Å². The van der Waals surface area contributed by atoms with Crippen LogP contribution < -0.4 is 10.1 Å². The van der Waals surface area contributed by atoms with Gasteiger partial charge in [-0.2, -0.15) is 0 Å². The second-order valence-electron chi connectivity index (χ2n) is 4.85. The Balaban J connectivity index is 2.09. The summed E-state index contributed by atoms with van der Waals surface area (Å²) < 4.78 is 10.1. The Bertz CT molecular complexity index is 516. The van der Waals surface area contributed by atoms with Crippen LogP contribution in [0, 0.1) is 5.41 Å². The van der Waals surface area contributed by atoms with Crippen LogP contribution in [0.4, 0.5) is 0 Å². The van der Waals surface area contributed by atoms with Gasteiger partial charge in [0.25, 0.3) is 5.91 Å². The van der Waals surface area contributed by atoms with E-state index in [1.165, 1.54) is 13.3 Å². The Morgan fingerprint density at radius 2 is 2.30 bits per heavy atom. The van der Waals surface area contributed by atoms with Crippen molar-refractivity contribution in [2.24, 2.45) is 5.41 Å². The third kappa shape index (κ3) is 2.57.